The van der Waals surface area contributed by atoms with E-state index in [1.165, 1.54) is 24.3 Å². The zero-order valence-corrected chi connectivity index (χ0v) is 7.55. The molecule has 0 radical (unpaired) electrons. The normalized spacial score (nSPS) is 24.5. The summed E-state index contributed by atoms with van der Waals surface area (Å²) in [7, 11) is -1.07. The highest BCUT2D eigenvalue weighted by Crippen LogP contribution is 2.22. The van der Waals surface area contributed by atoms with Crippen molar-refractivity contribution in [2.75, 3.05) is 17.3 Å². The van der Waals surface area contributed by atoms with E-state index in [9.17, 15) is 4.21 Å². The second kappa shape index (κ2) is 4.36. The van der Waals surface area contributed by atoms with Gasteiger partial charge in [0.2, 0.25) is 0 Å². The summed E-state index contributed by atoms with van der Waals surface area (Å²) in [4.78, 5) is 0. The molecule has 2 N–H and O–H groups in total. The molecule has 60 valence electrons. The minimum Gasteiger partial charge on any atom is -0.252 e. The third kappa shape index (κ3) is 3.03. The maximum atomic E-state index is 10.6. The molecule has 1 atom stereocenters. The second-order valence-corrected chi connectivity index (χ2v) is 4.92. The third-order valence-corrected chi connectivity index (χ3v) is 3.59. The Hall–Kier alpha value is 0.460. The van der Waals surface area contributed by atoms with E-state index in [-0.39, 0.29) is 0 Å². The zero-order chi connectivity index (χ0) is 7.40. The van der Waals surface area contributed by atoms with Crippen molar-refractivity contribution in [3.8, 4) is 0 Å². The topological polar surface area (TPSA) is 43.1 Å². The van der Waals surface area contributed by atoms with Crippen molar-refractivity contribution in [1.29, 1.82) is 0 Å². The molecule has 2 nitrogen and oxygen atoms in total. The fourth-order valence-corrected chi connectivity index (χ4v) is 3.15. The van der Waals surface area contributed by atoms with E-state index in [4.69, 9.17) is 5.14 Å². The lowest BCUT2D eigenvalue weighted by molar-refractivity contribution is 0.542. The van der Waals surface area contributed by atoms with Gasteiger partial charge in [-0.3, -0.25) is 5.14 Å². The number of thioether (sulfide) groups is 1. The Labute approximate surface area is 68.5 Å². The van der Waals surface area contributed by atoms with Crippen LogP contribution in [0.3, 0.4) is 0 Å². The summed E-state index contributed by atoms with van der Waals surface area (Å²) in [5.74, 6) is 3.79. The van der Waals surface area contributed by atoms with Crippen LogP contribution in [0.4, 0.5) is 0 Å². The van der Waals surface area contributed by atoms with Crippen molar-refractivity contribution < 1.29 is 4.21 Å². The molecular weight excluding hydrogens is 166 g/mol. The van der Waals surface area contributed by atoms with Gasteiger partial charge in [-0.15, -0.1) is 0 Å². The lowest BCUT2D eigenvalue weighted by atomic mass is 10.1. The van der Waals surface area contributed by atoms with Crippen molar-refractivity contribution in [3.63, 3.8) is 0 Å². The molecule has 1 rings (SSSR count). The lowest BCUT2D eigenvalue weighted by Crippen LogP contribution is -2.20. The van der Waals surface area contributed by atoms with Crippen molar-refractivity contribution in [2.24, 2.45) is 11.1 Å². The molecule has 0 aliphatic carbocycles. The first-order valence-corrected chi connectivity index (χ1v) is 6.03. The van der Waals surface area contributed by atoms with Crippen LogP contribution >= 0.6 is 11.8 Å². The first-order valence-electron chi connectivity index (χ1n) is 3.49. The standard InChI is InChI=1S/C6H13NOS2/c7-10(8)5-6-1-3-9-4-2-6/h6H,1-5,7H2/t10-/m1/s1. The molecule has 1 aliphatic heterocycles. The molecule has 0 saturated carbocycles. The Morgan fingerprint density at radius 3 is 2.60 bits per heavy atom. The Morgan fingerprint density at radius 1 is 1.50 bits per heavy atom. The molecule has 4 heteroatoms. The van der Waals surface area contributed by atoms with E-state index >= 15 is 0 Å². The summed E-state index contributed by atoms with van der Waals surface area (Å²) in [6, 6.07) is 0. The van der Waals surface area contributed by atoms with Crippen molar-refractivity contribution in [1.82, 2.24) is 0 Å². The number of rotatable bonds is 2. The minimum atomic E-state index is -1.07. The van der Waals surface area contributed by atoms with Crippen molar-refractivity contribution >= 4 is 22.7 Å². The Morgan fingerprint density at radius 2 is 2.10 bits per heavy atom. The summed E-state index contributed by atoms with van der Waals surface area (Å²) >= 11 is 1.99. The fraction of sp³-hybridized carbons (Fsp3) is 1.00. The average Bonchev–Trinajstić information content (AvgIpc) is 1.88. The van der Waals surface area contributed by atoms with Gasteiger partial charge in [0.25, 0.3) is 0 Å². The van der Waals surface area contributed by atoms with Crippen molar-refractivity contribution in [3.05, 3.63) is 0 Å². The minimum absolute atomic E-state index is 0.632. The predicted octanol–water partition coefficient (Wildman–Crippen LogP) is 0.752. The molecule has 0 bridgehead atoms. The molecule has 1 saturated heterocycles. The molecular formula is C6H13NOS2. The number of nitrogens with two attached hydrogens (primary N) is 1. The molecule has 0 amide bonds. The molecule has 1 fully saturated rings. The Balaban J connectivity index is 2.19. The Kier molecular flexibility index (Phi) is 3.73. The molecule has 10 heavy (non-hydrogen) atoms. The van der Waals surface area contributed by atoms with Gasteiger partial charge in [-0.1, -0.05) is 0 Å². The van der Waals surface area contributed by atoms with Gasteiger partial charge in [-0.2, -0.15) is 11.8 Å². The predicted molar refractivity (Wildman–Crippen MR) is 47.2 cm³/mol. The molecule has 1 heterocycles. The van der Waals surface area contributed by atoms with Gasteiger partial charge in [0.1, 0.15) is 0 Å². The summed E-state index contributed by atoms with van der Waals surface area (Å²) < 4.78 is 10.6. The van der Waals surface area contributed by atoms with Gasteiger partial charge in [-0.25, -0.2) is 4.21 Å². The van der Waals surface area contributed by atoms with Crippen LogP contribution in [0.1, 0.15) is 12.8 Å². The maximum Gasteiger partial charge on any atom is 0.0890 e. The SMILES string of the molecule is N[S@](=O)CC1CCSCC1. The van der Waals surface area contributed by atoms with Crippen LogP contribution in [0.25, 0.3) is 0 Å². The molecule has 0 aromatic carbocycles. The largest absolute Gasteiger partial charge is 0.252 e. The highest BCUT2D eigenvalue weighted by atomic mass is 32.2. The van der Waals surface area contributed by atoms with Crippen LogP contribution in [-0.4, -0.2) is 21.5 Å². The number of hydrogen-bond donors (Lipinski definition) is 1. The Bertz CT molecular complexity index is 123. The van der Waals surface area contributed by atoms with Gasteiger partial charge in [0.15, 0.2) is 0 Å². The zero-order valence-electron chi connectivity index (χ0n) is 5.91. The van der Waals surface area contributed by atoms with E-state index < -0.39 is 11.0 Å². The average molecular weight is 179 g/mol. The van der Waals surface area contributed by atoms with Crippen LogP contribution < -0.4 is 5.14 Å². The van der Waals surface area contributed by atoms with Gasteiger partial charge >= 0.3 is 0 Å². The molecule has 0 aromatic heterocycles. The smallest absolute Gasteiger partial charge is 0.0890 e. The van der Waals surface area contributed by atoms with E-state index in [0.29, 0.717) is 11.7 Å². The van der Waals surface area contributed by atoms with Gasteiger partial charge in [-0.05, 0) is 30.3 Å². The van der Waals surface area contributed by atoms with Crippen LogP contribution in [0, 0.1) is 5.92 Å². The molecule has 0 unspecified atom stereocenters. The fourth-order valence-electron chi connectivity index (χ4n) is 1.15. The maximum absolute atomic E-state index is 10.6. The van der Waals surface area contributed by atoms with E-state index in [0.717, 1.165) is 0 Å². The van der Waals surface area contributed by atoms with Gasteiger partial charge < -0.3 is 0 Å². The van der Waals surface area contributed by atoms with Crippen LogP contribution in [0.5, 0.6) is 0 Å². The molecule has 0 spiro atoms. The van der Waals surface area contributed by atoms with Crippen LogP contribution in [0.2, 0.25) is 0 Å². The monoisotopic (exact) mass is 179 g/mol. The van der Waals surface area contributed by atoms with Crippen LogP contribution in [-0.2, 0) is 11.0 Å². The van der Waals surface area contributed by atoms with Gasteiger partial charge in [0.05, 0.1) is 11.0 Å². The summed E-state index contributed by atoms with van der Waals surface area (Å²) in [5.41, 5.74) is 0. The number of hydrogen-bond acceptors (Lipinski definition) is 2. The molecule has 0 aromatic rings. The summed E-state index contributed by atoms with van der Waals surface area (Å²) in [6.45, 7) is 0. The van der Waals surface area contributed by atoms with E-state index in [1.807, 2.05) is 11.8 Å². The third-order valence-electron chi connectivity index (χ3n) is 1.74. The lowest BCUT2D eigenvalue weighted by Gasteiger charge is -2.19. The highest BCUT2D eigenvalue weighted by Gasteiger charge is 2.14. The quantitative estimate of drug-likeness (QED) is 0.680. The van der Waals surface area contributed by atoms with E-state index in [1.54, 1.807) is 0 Å². The first kappa shape index (κ1) is 8.56. The van der Waals surface area contributed by atoms with E-state index in [2.05, 4.69) is 0 Å². The van der Waals surface area contributed by atoms with Crippen LogP contribution in [0.15, 0.2) is 0 Å². The van der Waals surface area contributed by atoms with Gasteiger partial charge in [0, 0.05) is 5.75 Å². The second-order valence-electron chi connectivity index (χ2n) is 2.60. The summed E-state index contributed by atoms with van der Waals surface area (Å²) in [6.07, 6.45) is 2.40. The summed E-state index contributed by atoms with van der Waals surface area (Å²) in [5, 5.41) is 5.19. The highest BCUT2D eigenvalue weighted by molar-refractivity contribution is 7.99. The first-order chi connectivity index (χ1) is 4.79. The molecule has 1 aliphatic rings. The van der Waals surface area contributed by atoms with Crippen molar-refractivity contribution in [2.45, 2.75) is 12.8 Å².